The van der Waals surface area contributed by atoms with Crippen molar-refractivity contribution in [1.29, 1.82) is 0 Å². The summed E-state index contributed by atoms with van der Waals surface area (Å²) in [6, 6.07) is 7.85. The van der Waals surface area contributed by atoms with Crippen LogP contribution in [0.5, 0.6) is 0 Å². The Morgan fingerprint density at radius 1 is 1.13 bits per heavy atom. The second-order valence-corrected chi connectivity index (χ2v) is 7.49. The van der Waals surface area contributed by atoms with Crippen LogP contribution in [-0.4, -0.2) is 36.3 Å². The number of nitrogens with one attached hydrogen (secondary N) is 1. The zero-order valence-corrected chi connectivity index (χ0v) is 14.7. The fourth-order valence-electron chi connectivity index (χ4n) is 2.91. The van der Waals surface area contributed by atoms with Crippen LogP contribution in [-0.2, 0) is 10.2 Å². The molecule has 1 fully saturated rings. The number of benzene rings is 1. The Hall–Kier alpha value is -1.84. The lowest BCUT2D eigenvalue weighted by Gasteiger charge is -2.31. The van der Waals surface area contributed by atoms with Gasteiger partial charge in [0.25, 0.3) is 5.91 Å². The van der Waals surface area contributed by atoms with E-state index in [0.717, 1.165) is 25.9 Å². The molecule has 2 amide bonds. The second-order valence-electron chi connectivity index (χ2n) is 7.49. The normalized spacial score (nSPS) is 16.3. The molecule has 1 heterocycles. The van der Waals surface area contributed by atoms with Crippen molar-refractivity contribution in [3.05, 3.63) is 35.4 Å². The van der Waals surface area contributed by atoms with Crippen LogP contribution in [0, 0.1) is 5.92 Å². The van der Waals surface area contributed by atoms with Crippen molar-refractivity contribution in [2.45, 2.75) is 46.0 Å². The van der Waals surface area contributed by atoms with Crippen LogP contribution in [0.2, 0.25) is 0 Å². The predicted octanol–water partition coefficient (Wildman–Crippen LogP) is 2.97. The van der Waals surface area contributed by atoms with Crippen LogP contribution in [0.3, 0.4) is 0 Å². The molecule has 0 aromatic heterocycles. The van der Waals surface area contributed by atoms with Crippen LogP contribution >= 0.6 is 0 Å². The minimum atomic E-state index is -0.0144. The van der Waals surface area contributed by atoms with E-state index >= 15 is 0 Å². The smallest absolute Gasteiger partial charge is 0.251 e. The number of hydrogen-bond acceptors (Lipinski definition) is 2. The molecule has 1 aliphatic heterocycles. The highest BCUT2D eigenvalue weighted by molar-refractivity contribution is 5.94. The lowest BCUT2D eigenvalue weighted by atomic mass is 9.86. The zero-order valence-electron chi connectivity index (χ0n) is 14.7. The largest absolute Gasteiger partial charge is 0.352 e. The molecule has 0 unspecified atom stereocenters. The minimum absolute atomic E-state index is 0.0144. The number of carbonyl (C=O) groups is 2. The van der Waals surface area contributed by atoms with E-state index in [4.69, 9.17) is 0 Å². The molecular weight excluding hydrogens is 288 g/mol. The van der Waals surface area contributed by atoms with Crippen LogP contribution in [0.1, 0.15) is 56.5 Å². The SMILES string of the molecule is CC(=O)N1CCC(CNC(=O)c2ccc(C(C)(C)C)cc2)CC1. The van der Waals surface area contributed by atoms with Gasteiger partial charge in [0.1, 0.15) is 0 Å². The van der Waals surface area contributed by atoms with Crippen molar-refractivity contribution < 1.29 is 9.59 Å². The molecule has 126 valence electrons. The molecule has 2 rings (SSSR count). The molecule has 0 spiro atoms. The lowest BCUT2D eigenvalue weighted by Crippen LogP contribution is -2.40. The summed E-state index contributed by atoms with van der Waals surface area (Å²) in [6.07, 6.45) is 1.92. The Bertz CT molecular complexity index is 550. The van der Waals surface area contributed by atoms with Crippen LogP contribution < -0.4 is 5.32 Å². The summed E-state index contributed by atoms with van der Waals surface area (Å²) in [5, 5.41) is 3.03. The first kappa shape index (κ1) is 17.5. The molecule has 1 aromatic carbocycles. The lowest BCUT2D eigenvalue weighted by molar-refractivity contribution is -0.130. The maximum absolute atomic E-state index is 12.2. The summed E-state index contributed by atoms with van der Waals surface area (Å²) >= 11 is 0. The van der Waals surface area contributed by atoms with E-state index in [1.54, 1.807) is 6.92 Å². The van der Waals surface area contributed by atoms with Crippen molar-refractivity contribution in [2.24, 2.45) is 5.92 Å². The average molecular weight is 316 g/mol. The van der Waals surface area contributed by atoms with Gasteiger partial charge in [-0.2, -0.15) is 0 Å². The number of rotatable bonds is 3. The summed E-state index contributed by atoms with van der Waals surface area (Å²) in [5.74, 6) is 0.592. The van der Waals surface area contributed by atoms with Gasteiger partial charge in [-0.3, -0.25) is 9.59 Å². The van der Waals surface area contributed by atoms with E-state index < -0.39 is 0 Å². The monoisotopic (exact) mass is 316 g/mol. The summed E-state index contributed by atoms with van der Waals surface area (Å²) in [7, 11) is 0. The predicted molar refractivity (Wildman–Crippen MR) is 92.5 cm³/mol. The van der Waals surface area contributed by atoms with Gasteiger partial charge < -0.3 is 10.2 Å². The highest BCUT2D eigenvalue weighted by Gasteiger charge is 2.21. The van der Waals surface area contributed by atoms with Gasteiger partial charge in [0.2, 0.25) is 5.91 Å². The molecule has 0 radical (unpaired) electrons. The van der Waals surface area contributed by atoms with E-state index in [0.29, 0.717) is 18.0 Å². The number of likely N-dealkylation sites (tertiary alicyclic amines) is 1. The fourth-order valence-corrected chi connectivity index (χ4v) is 2.91. The molecule has 1 N–H and O–H groups in total. The first-order valence-electron chi connectivity index (χ1n) is 8.41. The zero-order chi connectivity index (χ0) is 17.0. The highest BCUT2D eigenvalue weighted by atomic mass is 16.2. The molecule has 4 nitrogen and oxygen atoms in total. The molecule has 1 aliphatic rings. The average Bonchev–Trinajstić information content (AvgIpc) is 2.52. The van der Waals surface area contributed by atoms with Gasteiger partial charge in [-0.25, -0.2) is 0 Å². The van der Waals surface area contributed by atoms with Crippen molar-refractivity contribution in [2.75, 3.05) is 19.6 Å². The maximum Gasteiger partial charge on any atom is 0.251 e. The van der Waals surface area contributed by atoms with Gasteiger partial charge >= 0.3 is 0 Å². The molecule has 0 atom stereocenters. The van der Waals surface area contributed by atoms with Crippen molar-refractivity contribution in [3.8, 4) is 0 Å². The Balaban J connectivity index is 1.82. The second kappa shape index (κ2) is 7.16. The van der Waals surface area contributed by atoms with E-state index in [2.05, 4.69) is 26.1 Å². The molecule has 23 heavy (non-hydrogen) atoms. The Kier molecular flexibility index (Phi) is 5.45. The number of nitrogens with zero attached hydrogens (tertiary/aromatic N) is 1. The quantitative estimate of drug-likeness (QED) is 0.932. The van der Waals surface area contributed by atoms with Crippen molar-refractivity contribution in [3.63, 3.8) is 0 Å². The molecule has 0 aliphatic carbocycles. The van der Waals surface area contributed by atoms with Gasteiger partial charge in [0.15, 0.2) is 0 Å². The van der Waals surface area contributed by atoms with E-state index in [1.165, 1.54) is 5.56 Å². The minimum Gasteiger partial charge on any atom is -0.352 e. The van der Waals surface area contributed by atoms with Gasteiger partial charge in [-0.1, -0.05) is 32.9 Å². The first-order chi connectivity index (χ1) is 10.8. The molecule has 0 saturated carbocycles. The Labute approximate surface area is 139 Å². The van der Waals surface area contributed by atoms with Gasteiger partial charge in [-0.05, 0) is 41.9 Å². The van der Waals surface area contributed by atoms with Gasteiger partial charge in [0.05, 0.1) is 0 Å². The molecule has 1 saturated heterocycles. The summed E-state index contributed by atoms with van der Waals surface area (Å²) in [5.41, 5.74) is 2.03. The molecule has 0 bridgehead atoms. The number of piperidine rings is 1. The maximum atomic E-state index is 12.2. The standard InChI is InChI=1S/C19H28N2O2/c1-14(22)21-11-9-15(10-12-21)13-20-18(23)16-5-7-17(8-6-16)19(2,3)4/h5-8,15H,9-13H2,1-4H3,(H,20,23). The summed E-state index contributed by atoms with van der Waals surface area (Å²) < 4.78 is 0. The van der Waals surface area contributed by atoms with Gasteiger partial charge in [0, 0.05) is 32.1 Å². The third-order valence-corrected chi connectivity index (χ3v) is 4.62. The molecule has 4 heteroatoms. The highest BCUT2D eigenvalue weighted by Crippen LogP contribution is 2.22. The van der Waals surface area contributed by atoms with E-state index in [1.807, 2.05) is 29.2 Å². The van der Waals surface area contributed by atoms with Crippen molar-refractivity contribution in [1.82, 2.24) is 10.2 Å². The van der Waals surface area contributed by atoms with E-state index in [9.17, 15) is 9.59 Å². The molecular formula is C19H28N2O2. The Morgan fingerprint density at radius 3 is 2.17 bits per heavy atom. The number of hydrogen-bond donors (Lipinski definition) is 1. The van der Waals surface area contributed by atoms with Gasteiger partial charge in [-0.15, -0.1) is 0 Å². The van der Waals surface area contributed by atoms with Crippen LogP contribution in [0.15, 0.2) is 24.3 Å². The van der Waals surface area contributed by atoms with Crippen molar-refractivity contribution >= 4 is 11.8 Å². The molecule has 1 aromatic rings. The Morgan fingerprint density at radius 2 is 1.70 bits per heavy atom. The van der Waals surface area contributed by atoms with E-state index in [-0.39, 0.29) is 17.2 Å². The number of carbonyl (C=O) groups excluding carboxylic acids is 2. The summed E-state index contributed by atoms with van der Waals surface area (Å²) in [6.45, 7) is 10.4. The summed E-state index contributed by atoms with van der Waals surface area (Å²) in [4.78, 5) is 25.4. The van der Waals surface area contributed by atoms with Crippen LogP contribution in [0.25, 0.3) is 0 Å². The topological polar surface area (TPSA) is 49.4 Å². The fraction of sp³-hybridized carbons (Fsp3) is 0.579. The third kappa shape index (κ3) is 4.81. The van der Waals surface area contributed by atoms with Crippen LogP contribution in [0.4, 0.5) is 0 Å². The first-order valence-corrected chi connectivity index (χ1v) is 8.41. The third-order valence-electron chi connectivity index (χ3n) is 4.62. The number of amides is 2.